The molecule has 0 bridgehead atoms. The maximum atomic E-state index is 13.3. The molecule has 10 heteroatoms. The first-order valence-corrected chi connectivity index (χ1v) is 12.5. The van der Waals surface area contributed by atoms with E-state index < -0.39 is 6.04 Å². The molecule has 2 aromatic rings. The summed E-state index contributed by atoms with van der Waals surface area (Å²) >= 11 is 0. The molecule has 1 fully saturated rings. The van der Waals surface area contributed by atoms with Crippen LogP contribution in [-0.2, 0) is 22.6 Å². The molecule has 0 saturated carbocycles. The van der Waals surface area contributed by atoms with Crippen molar-refractivity contribution >= 4 is 29.1 Å². The van der Waals surface area contributed by atoms with Gasteiger partial charge in [0.25, 0.3) is 0 Å². The van der Waals surface area contributed by atoms with Gasteiger partial charge >= 0.3 is 6.01 Å². The Bertz CT molecular complexity index is 1110. The Labute approximate surface area is 205 Å². The molecule has 1 aromatic carbocycles. The van der Waals surface area contributed by atoms with E-state index in [2.05, 4.69) is 45.3 Å². The zero-order valence-corrected chi connectivity index (χ0v) is 20.2. The fourth-order valence-corrected chi connectivity index (χ4v) is 5.02. The van der Waals surface area contributed by atoms with Crippen molar-refractivity contribution in [3.63, 3.8) is 0 Å². The van der Waals surface area contributed by atoms with Crippen LogP contribution < -0.4 is 20.7 Å². The molecule has 0 spiro atoms. The molecule has 4 heterocycles. The second-order valence-corrected chi connectivity index (χ2v) is 9.41. The van der Waals surface area contributed by atoms with Gasteiger partial charge in [0, 0.05) is 26.2 Å². The lowest BCUT2D eigenvalue weighted by molar-refractivity contribution is -0.133. The van der Waals surface area contributed by atoms with E-state index in [4.69, 9.17) is 10.5 Å². The molecule has 3 N–H and O–H groups in total. The van der Waals surface area contributed by atoms with Crippen LogP contribution >= 0.6 is 0 Å². The van der Waals surface area contributed by atoms with Crippen molar-refractivity contribution < 1.29 is 14.3 Å². The Hall–Kier alpha value is -3.40. The summed E-state index contributed by atoms with van der Waals surface area (Å²) in [5.41, 5.74) is 9.20. The smallest absolute Gasteiger partial charge is 0.320 e. The lowest BCUT2D eigenvalue weighted by Gasteiger charge is -2.37. The Balaban J connectivity index is 1.29. The van der Waals surface area contributed by atoms with Gasteiger partial charge in [0.15, 0.2) is 11.6 Å². The zero-order valence-electron chi connectivity index (χ0n) is 20.2. The molecule has 1 unspecified atom stereocenters. The molecule has 35 heavy (non-hydrogen) atoms. The highest BCUT2D eigenvalue weighted by Crippen LogP contribution is 2.36. The van der Waals surface area contributed by atoms with Crippen LogP contribution in [0.1, 0.15) is 37.3 Å². The van der Waals surface area contributed by atoms with Gasteiger partial charge in [-0.25, -0.2) is 0 Å². The minimum atomic E-state index is -0.533. The number of amides is 2. The molecule has 3 aliphatic rings. The molecule has 5 rings (SSSR count). The van der Waals surface area contributed by atoms with Crippen LogP contribution in [0.5, 0.6) is 6.01 Å². The first-order valence-electron chi connectivity index (χ1n) is 12.5. The molecule has 2 amide bonds. The van der Waals surface area contributed by atoms with Crippen LogP contribution in [0.25, 0.3) is 0 Å². The number of hydrogen-bond acceptors (Lipinski definition) is 8. The van der Waals surface area contributed by atoms with Crippen molar-refractivity contribution in [2.75, 3.05) is 55.3 Å². The van der Waals surface area contributed by atoms with E-state index in [0.717, 1.165) is 38.8 Å². The predicted octanol–water partition coefficient (Wildman–Crippen LogP) is 1.66. The highest BCUT2D eigenvalue weighted by molar-refractivity contribution is 6.05. The van der Waals surface area contributed by atoms with E-state index in [1.165, 1.54) is 11.1 Å². The number of unbranched alkanes of at least 4 members (excludes halogenated alkanes) is 1. The standard InChI is InChI=1S/C25H33N7O3/c1-2-3-13-35-25-28-22(26)21-23(29-25)32-11-6-10-31(15-19(32)24(34)27-21)20(33)16-30-12-9-17-7-4-5-8-18(17)14-30/h4-5,7-8,19H,2-3,6,9-16H2,1H3,(H,27,34)(H2,26,28,29). The number of nitrogens with zero attached hydrogens (tertiary/aromatic N) is 5. The topological polar surface area (TPSA) is 117 Å². The number of carbonyl (C=O) groups is 2. The SMILES string of the molecule is CCCCOc1nc(N)c2c(n1)N1CCCN(C(=O)CN3CCc4ccccc4C3)CC1C(=O)N2. The number of anilines is 3. The maximum Gasteiger partial charge on any atom is 0.320 e. The van der Waals surface area contributed by atoms with Crippen molar-refractivity contribution in [1.82, 2.24) is 19.8 Å². The minimum Gasteiger partial charge on any atom is -0.463 e. The molecule has 10 nitrogen and oxygen atoms in total. The van der Waals surface area contributed by atoms with E-state index >= 15 is 0 Å². The summed E-state index contributed by atoms with van der Waals surface area (Å²) in [5, 5.41) is 2.87. The number of nitrogens with two attached hydrogens (primary N) is 1. The molecule has 1 aromatic heterocycles. The number of nitrogen functional groups attached to an aromatic ring is 1. The average molecular weight is 480 g/mol. The van der Waals surface area contributed by atoms with Crippen LogP contribution in [-0.4, -0.2) is 77.0 Å². The largest absolute Gasteiger partial charge is 0.463 e. The molecular weight excluding hydrogens is 446 g/mol. The van der Waals surface area contributed by atoms with Gasteiger partial charge in [0.1, 0.15) is 11.7 Å². The van der Waals surface area contributed by atoms with Gasteiger partial charge in [0.05, 0.1) is 19.7 Å². The maximum absolute atomic E-state index is 13.3. The Morgan fingerprint density at radius 2 is 2.03 bits per heavy atom. The van der Waals surface area contributed by atoms with E-state index in [0.29, 0.717) is 44.3 Å². The number of rotatable bonds is 6. The highest BCUT2D eigenvalue weighted by atomic mass is 16.5. The van der Waals surface area contributed by atoms with Gasteiger partial charge < -0.3 is 25.6 Å². The lowest BCUT2D eigenvalue weighted by Crippen LogP contribution is -2.54. The summed E-state index contributed by atoms with van der Waals surface area (Å²) in [7, 11) is 0. The first-order chi connectivity index (χ1) is 17.0. The zero-order chi connectivity index (χ0) is 24.4. The van der Waals surface area contributed by atoms with Crippen molar-refractivity contribution in [1.29, 1.82) is 0 Å². The van der Waals surface area contributed by atoms with Gasteiger partial charge in [0.2, 0.25) is 11.8 Å². The second kappa shape index (κ2) is 10.1. The summed E-state index contributed by atoms with van der Waals surface area (Å²) in [5.74, 6) is 0.612. The molecule has 3 aliphatic heterocycles. The monoisotopic (exact) mass is 479 g/mol. The van der Waals surface area contributed by atoms with Crippen molar-refractivity contribution in [3.8, 4) is 6.01 Å². The van der Waals surface area contributed by atoms with Crippen molar-refractivity contribution in [2.24, 2.45) is 0 Å². The second-order valence-electron chi connectivity index (χ2n) is 9.41. The summed E-state index contributed by atoms with van der Waals surface area (Å²) in [6.07, 6.45) is 3.57. The van der Waals surface area contributed by atoms with Gasteiger partial charge in [-0.05, 0) is 30.4 Å². The normalized spacial score (nSPS) is 19.8. The van der Waals surface area contributed by atoms with E-state index in [1.807, 2.05) is 15.9 Å². The van der Waals surface area contributed by atoms with Crippen LogP contribution in [0.3, 0.4) is 0 Å². The number of benzene rings is 1. The number of ether oxygens (including phenoxy) is 1. The Morgan fingerprint density at radius 1 is 1.20 bits per heavy atom. The van der Waals surface area contributed by atoms with E-state index in [1.54, 1.807) is 0 Å². The van der Waals surface area contributed by atoms with Crippen LogP contribution in [0.2, 0.25) is 0 Å². The van der Waals surface area contributed by atoms with Gasteiger partial charge in [-0.1, -0.05) is 37.6 Å². The van der Waals surface area contributed by atoms with E-state index in [9.17, 15) is 9.59 Å². The fourth-order valence-electron chi connectivity index (χ4n) is 5.02. The van der Waals surface area contributed by atoms with Gasteiger partial charge in [-0.2, -0.15) is 9.97 Å². The molecule has 1 saturated heterocycles. The Morgan fingerprint density at radius 3 is 2.86 bits per heavy atom. The highest BCUT2D eigenvalue weighted by Gasteiger charge is 2.39. The molecule has 0 radical (unpaired) electrons. The van der Waals surface area contributed by atoms with Gasteiger partial charge in [-0.15, -0.1) is 0 Å². The third kappa shape index (κ3) is 4.88. The average Bonchev–Trinajstić information content (AvgIpc) is 3.09. The van der Waals surface area contributed by atoms with Crippen LogP contribution in [0, 0.1) is 0 Å². The number of carbonyl (C=O) groups excluding carboxylic acids is 2. The van der Waals surface area contributed by atoms with Crippen molar-refractivity contribution in [3.05, 3.63) is 35.4 Å². The van der Waals surface area contributed by atoms with Crippen molar-refractivity contribution in [2.45, 2.75) is 45.2 Å². The summed E-state index contributed by atoms with van der Waals surface area (Å²) in [6, 6.07) is 8.08. The summed E-state index contributed by atoms with van der Waals surface area (Å²) in [6.45, 7) is 6.07. The number of aromatic nitrogens is 2. The first kappa shape index (κ1) is 23.3. The fraction of sp³-hybridized carbons (Fsp3) is 0.520. The summed E-state index contributed by atoms with van der Waals surface area (Å²) in [4.78, 5) is 41.1. The minimum absolute atomic E-state index is 0.0515. The molecule has 1 atom stereocenters. The summed E-state index contributed by atoms with van der Waals surface area (Å²) < 4.78 is 5.69. The predicted molar refractivity (Wildman–Crippen MR) is 133 cm³/mol. The third-order valence-electron chi connectivity index (χ3n) is 6.97. The van der Waals surface area contributed by atoms with Crippen LogP contribution in [0.4, 0.5) is 17.3 Å². The lowest BCUT2D eigenvalue weighted by atomic mass is 10.00. The van der Waals surface area contributed by atoms with Crippen LogP contribution in [0.15, 0.2) is 24.3 Å². The molecular formula is C25H33N7O3. The van der Waals surface area contributed by atoms with Gasteiger partial charge in [-0.3, -0.25) is 14.5 Å². The number of nitrogens with one attached hydrogen (secondary N) is 1. The number of hydrogen-bond donors (Lipinski definition) is 2. The Kier molecular flexibility index (Phi) is 6.72. The third-order valence-corrected chi connectivity index (χ3v) is 6.97. The molecule has 186 valence electrons. The molecule has 0 aliphatic carbocycles. The number of fused-ring (bicyclic) bond motifs is 4. The quantitative estimate of drug-likeness (QED) is 0.601. The van der Waals surface area contributed by atoms with E-state index in [-0.39, 0.29) is 23.6 Å².